The molecule has 0 atom stereocenters. The molecular formula is C2H9Cl2N3. The maximum absolute atomic E-state index is 4.82. The molecule has 0 spiro atoms. The molecule has 0 aliphatic heterocycles. The Morgan fingerprint density at radius 2 is 1.43 bits per heavy atom. The lowest BCUT2D eigenvalue weighted by atomic mass is 11.1. The highest BCUT2D eigenvalue weighted by atomic mass is 35.5. The van der Waals surface area contributed by atoms with E-state index in [0.29, 0.717) is 0 Å². The molecule has 0 bridgehead atoms. The molecule has 3 nitrogen and oxygen atoms in total. The summed E-state index contributed by atoms with van der Waals surface area (Å²) in [4.78, 5) is 3.36. The van der Waals surface area contributed by atoms with E-state index in [0.717, 1.165) is 0 Å². The molecule has 0 heterocycles. The van der Waals surface area contributed by atoms with Crippen LogP contribution in [0.4, 0.5) is 0 Å². The van der Waals surface area contributed by atoms with Gasteiger partial charge in [0.1, 0.15) is 0 Å². The van der Waals surface area contributed by atoms with Crippen LogP contribution >= 0.6 is 24.8 Å². The second-order valence-corrected chi connectivity index (χ2v) is 0.648. The fourth-order valence-electron chi connectivity index (χ4n) is 0. The Morgan fingerprint density at radius 3 is 1.43 bits per heavy atom. The SMILES string of the molecule is CN=C(N)N.Cl.Cl. The number of nitrogens with two attached hydrogens (primary N) is 2. The Bertz CT molecular complexity index is 48.9. The van der Waals surface area contributed by atoms with Gasteiger partial charge >= 0.3 is 0 Å². The minimum absolute atomic E-state index is 0. The number of hydrogen-bond acceptors (Lipinski definition) is 1. The lowest BCUT2D eigenvalue weighted by Crippen LogP contribution is -2.21. The van der Waals surface area contributed by atoms with Gasteiger partial charge < -0.3 is 11.5 Å². The molecule has 0 aliphatic carbocycles. The van der Waals surface area contributed by atoms with Crippen LogP contribution in [0.3, 0.4) is 0 Å². The fraction of sp³-hybridized carbons (Fsp3) is 0.500. The Hall–Kier alpha value is -0.150. The first-order valence-electron chi connectivity index (χ1n) is 1.25. The van der Waals surface area contributed by atoms with E-state index in [1.807, 2.05) is 0 Å². The molecule has 0 saturated heterocycles. The topological polar surface area (TPSA) is 64.4 Å². The van der Waals surface area contributed by atoms with Gasteiger partial charge in [0.15, 0.2) is 5.96 Å². The van der Waals surface area contributed by atoms with Crippen molar-refractivity contribution in [3.63, 3.8) is 0 Å². The van der Waals surface area contributed by atoms with Gasteiger partial charge in [0.2, 0.25) is 0 Å². The van der Waals surface area contributed by atoms with Gasteiger partial charge in [0.05, 0.1) is 0 Å². The molecule has 0 amide bonds. The van der Waals surface area contributed by atoms with Crippen molar-refractivity contribution >= 4 is 30.8 Å². The minimum atomic E-state index is 0. The zero-order chi connectivity index (χ0) is 4.28. The van der Waals surface area contributed by atoms with Crippen LogP contribution in [0.5, 0.6) is 0 Å². The van der Waals surface area contributed by atoms with Gasteiger partial charge in [-0.25, -0.2) is 0 Å². The molecule has 5 heteroatoms. The molecule has 0 aliphatic rings. The van der Waals surface area contributed by atoms with Crippen molar-refractivity contribution in [3.05, 3.63) is 0 Å². The number of aliphatic imine (C=N–C) groups is 1. The van der Waals surface area contributed by atoms with E-state index in [4.69, 9.17) is 11.5 Å². The lowest BCUT2D eigenvalue weighted by molar-refractivity contribution is 1.36. The van der Waals surface area contributed by atoms with Gasteiger partial charge in [-0.3, -0.25) is 4.99 Å². The third kappa shape index (κ3) is 25.3. The highest BCUT2D eigenvalue weighted by Gasteiger charge is 1.61. The minimum Gasteiger partial charge on any atom is -0.370 e. The summed E-state index contributed by atoms with van der Waals surface area (Å²) in [6.07, 6.45) is 0. The van der Waals surface area contributed by atoms with Gasteiger partial charge in [0, 0.05) is 7.05 Å². The number of guanidine groups is 1. The standard InChI is InChI=1S/C2H7N3.2ClH/c1-5-2(3)4;;/h1H3,(H4,3,4,5);2*1H. The highest BCUT2D eigenvalue weighted by Crippen LogP contribution is 1.40. The van der Waals surface area contributed by atoms with Gasteiger partial charge in [0.25, 0.3) is 0 Å². The van der Waals surface area contributed by atoms with Crippen LogP contribution in [0.15, 0.2) is 4.99 Å². The van der Waals surface area contributed by atoms with Crippen LogP contribution < -0.4 is 11.5 Å². The summed E-state index contributed by atoms with van der Waals surface area (Å²) in [5, 5.41) is 0. The van der Waals surface area contributed by atoms with E-state index in [2.05, 4.69) is 4.99 Å². The third-order valence-electron chi connectivity index (χ3n) is 0.258. The second-order valence-electron chi connectivity index (χ2n) is 0.648. The van der Waals surface area contributed by atoms with E-state index >= 15 is 0 Å². The Kier molecular flexibility index (Phi) is 21.0. The average Bonchev–Trinajstić information content (AvgIpc) is 1.38. The number of hydrogen-bond donors (Lipinski definition) is 2. The normalized spacial score (nSPS) is 4.71. The second kappa shape index (κ2) is 9.28. The van der Waals surface area contributed by atoms with Crippen molar-refractivity contribution in [1.29, 1.82) is 0 Å². The van der Waals surface area contributed by atoms with Crippen LogP contribution in [0.2, 0.25) is 0 Å². The smallest absolute Gasteiger partial charge is 0.185 e. The zero-order valence-electron chi connectivity index (χ0n) is 3.92. The maximum atomic E-state index is 4.82. The monoisotopic (exact) mass is 145 g/mol. The van der Waals surface area contributed by atoms with Crippen molar-refractivity contribution in [1.82, 2.24) is 0 Å². The van der Waals surface area contributed by atoms with Crippen LogP contribution in [-0.2, 0) is 0 Å². The summed E-state index contributed by atoms with van der Waals surface area (Å²) < 4.78 is 0. The van der Waals surface area contributed by atoms with Crippen LogP contribution in [0.25, 0.3) is 0 Å². The third-order valence-corrected chi connectivity index (χ3v) is 0.258. The predicted molar refractivity (Wildman–Crippen MR) is 36.2 cm³/mol. The van der Waals surface area contributed by atoms with E-state index in [1.165, 1.54) is 7.05 Å². The lowest BCUT2D eigenvalue weighted by Gasteiger charge is -1.77. The molecule has 46 valence electrons. The summed E-state index contributed by atoms with van der Waals surface area (Å²) >= 11 is 0. The van der Waals surface area contributed by atoms with Crippen LogP contribution in [0, 0.1) is 0 Å². The molecule has 4 N–H and O–H groups in total. The van der Waals surface area contributed by atoms with E-state index in [1.54, 1.807) is 0 Å². The summed E-state index contributed by atoms with van der Waals surface area (Å²) in [7, 11) is 1.54. The summed E-state index contributed by atoms with van der Waals surface area (Å²) in [6, 6.07) is 0. The average molecular weight is 146 g/mol. The maximum Gasteiger partial charge on any atom is 0.185 e. The van der Waals surface area contributed by atoms with Crippen LogP contribution in [-0.4, -0.2) is 13.0 Å². The van der Waals surface area contributed by atoms with Gasteiger partial charge in [-0.05, 0) is 0 Å². The Morgan fingerprint density at radius 1 is 1.29 bits per heavy atom. The van der Waals surface area contributed by atoms with Gasteiger partial charge in [-0.15, -0.1) is 24.8 Å². The molecule has 0 aromatic carbocycles. The van der Waals surface area contributed by atoms with E-state index in [-0.39, 0.29) is 30.8 Å². The van der Waals surface area contributed by atoms with Crippen molar-refractivity contribution in [2.24, 2.45) is 16.5 Å². The molecule has 0 aromatic rings. The molecule has 0 aromatic heterocycles. The first-order chi connectivity index (χ1) is 2.27. The molecule has 0 fully saturated rings. The first kappa shape index (κ1) is 15.8. The van der Waals surface area contributed by atoms with Crippen molar-refractivity contribution < 1.29 is 0 Å². The predicted octanol–water partition coefficient (Wildman–Crippen LogP) is -0.267. The van der Waals surface area contributed by atoms with Gasteiger partial charge in [-0.1, -0.05) is 0 Å². The van der Waals surface area contributed by atoms with E-state index < -0.39 is 0 Å². The molecular weight excluding hydrogens is 137 g/mol. The summed E-state index contributed by atoms with van der Waals surface area (Å²) in [5.41, 5.74) is 9.64. The van der Waals surface area contributed by atoms with Crippen molar-refractivity contribution in [3.8, 4) is 0 Å². The first-order valence-corrected chi connectivity index (χ1v) is 1.25. The summed E-state index contributed by atoms with van der Waals surface area (Å²) in [5.74, 6) is 0.130. The zero-order valence-corrected chi connectivity index (χ0v) is 5.55. The fourth-order valence-corrected chi connectivity index (χ4v) is 0. The van der Waals surface area contributed by atoms with Crippen LogP contribution in [0.1, 0.15) is 0 Å². The molecule has 0 rings (SSSR count). The molecule has 0 saturated carbocycles. The van der Waals surface area contributed by atoms with Crippen molar-refractivity contribution in [2.45, 2.75) is 0 Å². The number of rotatable bonds is 0. The quantitative estimate of drug-likeness (QED) is 0.365. The largest absolute Gasteiger partial charge is 0.370 e. The van der Waals surface area contributed by atoms with Gasteiger partial charge in [-0.2, -0.15) is 0 Å². The Labute approximate surface area is 55.0 Å². The van der Waals surface area contributed by atoms with Crippen molar-refractivity contribution in [2.75, 3.05) is 7.05 Å². The summed E-state index contributed by atoms with van der Waals surface area (Å²) in [6.45, 7) is 0. The highest BCUT2D eigenvalue weighted by molar-refractivity contribution is 5.85. The molecule has 0 radical (unpaired) electrons. The molecule has 7 heavy (non-hydrogen) atoms. The molecule has 0 unspecified atom stereocenters. The Balaban J connectivity index is -0.0000000800. The number of nitrogens with zero attached hydrogens (tertiary/aromatic N) is 1. The number of halogens is 2. The van der Waals surface area contributed by atoms with E-state index in [9.17, 15) is 0 Å².